The molecule has 0 rings (SSSR count). The van der Waals surface area contributed by atoms with Gasteiger partial charge in [-0.3, -0.25) is 0 Å². The Hall–Kier alpha value is -0.260. The summed E-state index contributed by atoms with van der Waals surface area (Å²) in [6.45, 7) is 13.1. The summed E-state index contributed by atoms with van der Waals surface area (Å²) in [5.74, 6) is 2.48. The van der Waals surface area contributed by atoms with Gasteiger partial charge in [-0.05, 0) is 24.2 Å². The molecule has 15 heavy (non-hydrogen) atoms. The molecule has 0 aromatic heterocycles. The van der Waals surface area contributed by atoms with E-state index in [1.165, 1.54) is 38.5 Å². The summed E-state index contributed by atoms with van der Waals surface area (Å²) in [4.78, 5) is 0. The van der Waals surface area contributed by atoms with Gasteiger partial charge in [0.2, 0.25) is 0 Å². The third-order valence-electron chi connectivity index (χ3n) is 3.25. The van der Waals surface area contributed by atoms with Crippen molar-refractivity contribution in [3.8, 4) is 0 Å². The van der Waals surface area contributed by atoms with Gasteiger partial charge in [0, 0.05) is 0 Å². The van der Waals surface area contributed by atoms with Gasteiger partial charge in [0.15, 0.2) is 0 Å². The molecule has 0 spiro atoms. The zero-order valence-electron chi connectivity index (χ0n) is 11.3. The fraction of sp³-hybridized carbons (Fsp3) is 0.867. The maximum absolute atomic E-state index is 3.83. The van der Waals surface area contributed by atoms with Gasteiger partial charge in [-0.1, -0.05) is 65.9 Å². The number of allylic oxidation sites excluding steroid dienone is 1. The number of rotatable bonds is 9. The second-order valence-corrected chi connectivity index (χ2v) is 5.57. The zero-order chi connectivity index (χ0) is 11.7. The minimum absolute atomic E-state index is 0.697. The summed E-state index contributed by atoms with van der Waals surface area (Å²) < 4.78 is 0. The van der Waals surface area contributed by atoms with Crippen molar-refractivity contribution < 1.29 is 0 Å². The monoisotopic (exact) mass is 210 g/mol. The summed E-state index contributed by atoms with van der Waals surface area (Å²) in [7, 11) is 0. The Kier molecular flexibility index (Phi) is 8.85. The molecule has 0 saturated carbocycles. The molecule has 0 heteroatoms. The summed E-state index contributed by atoms with van der Waals surface area (Å²) in [6.07, 6.45) is 10.4. The molecule has 2 unspecified atom stereocenters. The highest BCUT2D eigenvalue weighted by atomic mass is 14.1. The standard InChI is InChI=1S/C15H30/c1-6-14(4)11-12-15(5)10-8-7-9-13(2)3/h6,13-15H,1,7-12H2,2-5H3. The molecular weight excluding hydrogens is 180 g/mol. The lowest BCUT2D eigenvalue weighted by atomic mass is 9.93. The highest BCUT2D eigenvalue weighted by Crippen LogP contribution is 2.19. The van der Waals surface area contributed by atoms with Gasteiger partial charge in [0.1, 0.15) is 0 Å². The van der Waals surface area contributed by atoms with Gasteiger partial charge < -0.3 is 0 Å². The van der Waals surface area contributed by atoms with Crippen molar-refractivity contribution in [3.63, 3.8) is 0 Å². The van der Waals surface area contributed by atoms with Crippen LogP contribution in [0.25, 0.3) is 0 Å². The first kappa shape index (κ1) is 14.7. The van der Waals surface area contributed by atoms with Crippen molar-refractivity contribution >= 4 is 0 Å². The molecule has 0 heterocycles. The van der Waals surface area contributed by atoms with Gasteiger partial charge in [-0.25, -0.2) is 0 Å². The highest BCUT2D eigenvalue weighted by Gasteiger charge is 2.04. The van der Waals surface area contributed by atoms with E-state index in [2.05, 4.69) is 40.3 Å². The SMILES string of the molecule is C=CC(C)CCC(C)CCCCC(C)C. The molecule has 0 nitrogen and oxygen atoms in total. The Morgan fingerprint density at radius 2 is 1.47 bits per heavy atom. The maximum Gasteiger partial charge on any atom is -0.0265 e. The molecule has 0 aromatic rings. The lowest BCUT2D eigenvalue weighted by molar-refractivity contribution is 0.414. The number of hydrogen-bond acceptors (Lipinski definition) is 0. The van der Waals surface area contributed by atoms with Crippen LogP contribution in [0.4, 0.5) is 0 Å². The van der Waals surface area contributed by atoms with Crippen LogP contribution < -0.4 is 0 Å². The van der Waals surface area contributed by atoms with E-state index < -0.39 is 0 Å². The van der Waals surface area contributed by atoms with Gasteiger partial charge >= 0.3 is 0 Å². The van der Waals surface area contributed by atoms with E-state index in [9.17, 15) is 0 Å². The second kappa shape index (κ2) is 9.00. The van der Waals surface area contributed by atoms with Gasteiger partial charge in [-0.2, -0.15) is 0 Å². The topological polar surface area (TPSA) is 0 Å². The molecule has 2 atom stereocenters. The lowest BCUT2D eigenvalue weighted by Crippen LogP contribution is -1.99. The number of hydrogen-bond donors (Lipinski definition) is 0. The summed E-state index contributed by atoms with van der Waals surface area (Å²) in [5.41, 5.74) is 0. The van der Waals surface area contributed by atoms with Crippen LogP contribution >= 0.6 is 0 Å². The van der Waals surface area contributed by atoms with Crippen molar-refractivity contribution in [2.24, 2.45) is 17.8 Å². The quantitative estimate of drug-likeness (QED) is 0.351. The minimum Gasteiger partial charge on any atom is -0.103 e. The Bertz CT molecular complexity index is 146. The first-order chi connectivity index (χ1) is 7.06. The van der Waals surface area contributed by atoms with Crippen LogP contribution in [-0.4, -0.2) is 0 Å². The van der Waals surface area contributed by atoms with Crippen LogP contribution in [0.15, 0.2) is 12.7 Å². The number of unbranched alkanes of at least 4 members (excludes halogenated alkanes) is 1. The minimum atomic E-state index is 0.697. The van der Waals surface area contributed by atoms with Crippen molar-refractivity contribution in [1.29, 1.82) is 0 Å². The lowest BCUT2D eigenvalue weighted by Gasteiger charge is -2.13. The molecule has 0 bridgehead atoms. The third kappa shape index (κ3) is 10.0. The molecule has 0 saturated heterocycles. The fourth-order valence-corrected chi connectivity index (χ4v) is 1.85. The molecular formula is C15H30. The van der Waals surface area contributed by atoms with E-state index in [1.54, 1.807) is 0 Å². The molecule has 0 amide bonds. The molecule has 0 aliphatic carbocycles. The molecule has 0 aliphatic heterocycles. The van der Waals surface area contributed by atoms with Crippen LogP contribution in [0.1, 0.15) is 66.2 Å². The molecule has 0 fully saturated rings. The zero-order valence-corrected chi connectivity index (χ0v) is 11.3. The maximum atomic E-state index is 3.83. The first-order valence-electron chi connectivity index (χ1n) is 6.68. The van der Waals surface area contributed by atoms with E-state index in [1.807, 2.05) is 0 Å². The molecule has 0 N–H and O–H groups in total. The van der Waals surface area contributed by atoms with E-state index in [4.69, 9.17) is 0 Å². The van der Waals surface area contributed by atoms with E-state index in [0.29, 0.717) is 5.92 Å². The molecule has 90 valence electrons. The Labute approximate surface area is 97.2 Å². The average molecular weight is 210 g/mol. The summed E-state index contributed by atoms with van der Waals surface area (Å²) in [6, 6.07) is 0. The van der Waals surface area contributed by atoms with Crippen molar-refractivity contribution in [3.05, 3.63) is 12.7 Å². The predicted octanol–water partition coefficient (Wildman–Crippen LogP) is 5.44. The van der Waals surface area contributed by atoms with Crippen molar-refractivity contribution in [1.82, 2.24) is 0 Å². The van der Waals surface area contributed by atoms with Crippen LogP contribution in [0, 0.1) is 17.8 Å². The molecule has 0 radical (unpaired) electrons. The van der Waals surface area contributed by atoms with E-state index >= 15 is 0 Å². The Balaban J connectivity index is 3.33. The van der Waals surface area contributed by atoms with Gasteiger partial charge in [-0.15, -0.1) is 6.58 Å². The summed E-state index contributed by atoms with van der Waals surface area (Å²) in [5, 5.41) is 0. The smallest absolute Gasteiger partial charge is 0.0265 e. The fourth-order valence-electron chi connectivity index (χ4n) is 1.85. The average Bonchev–Trinajstić information content (AvgIpc) is 2.20. The van der Waals surface area contributed by atoms with Crippen LogP contribution in [0.3, 0.4) is 0 Å². The van der Waals surface area contributed by atoms with Crippen molar-refractivity contribution in [2.75, 3.05) is 0 Å². The predicted molar refractivity (Wildman–Crippen MR) is 71.1 cm³/mol. The van der Waals surface area contributed by atoms with Crippen LogP contribution in [0.5, 0.6) is 0 Å². The molecule has 0 aromatic carbocycles. The third-order valence-corrected chi connectivity index (χ3v) is 3.25. The van der Waals surface area contributed by atoms with E-state index in [-0.39, 0.29) is 0 Å². The van der Waals surface area contributed by atoms with Crippen LogP contribution in [0.2, 0.25) is 0 Å². The van der Waals surface area contributed by atoms with E-state index in [0.717, 1.165) is 11.8 Å². The first-order valence-corrected chi connectivity index (χ1v) is 6.68. The van der Waals surface area contributed by atoms with Gasteiger partial charge in [0.05, 0.1) is 0 Å². The Morgan fingerprint density at radius 1 is 0.867 bits per heavy atom. The Morgan fingerprint density at radius 3 is 2.00 bits per heavy atom. The second-order valence-electron chi connectivity index (χ2n) is 5.57. The summed E-state index contributed by atoms with van der Waals surface area (Å²) >= 11 is 0. The van der Waals surface area contributed by atoms with Crippen LogP contribution in [-0.2, 0) is 0 Å². The van der Waals surface area contributed by atoms with Gasteiger partial charge in [0.25, 0.3) is 0 Å². The van der Waals surface area contributed by atoms with Crippen molar-refractivity contribution in [2.45, 2.75) is 66.2 Å². The highest BCUT2D eigenvalue weighted by molar-refractivity contribution is 4.75. The largest absolute Gasteiger partial charge is 0.103 e. The normalized spacial score (nSPS) is 15.3. The molecule has 0 aliphatic rings.